The first-order chi connectivity index (χ1) is 8.56. The molecule has 3 nitrogen and oxygen atoms in total. The third-order valence-electron chi connectivity index (χ3n) is 3.25. The molecule has 0 saturated carbocycles. The van der Waals surface area contributed by atoms with E-state index in [0.717, 1.165) is 18.8 Å². The number of benzene rings is 1. The molecule has 3 heteroatoms. The summed E-state index contributed by atoms with van der Waals surface area (Å²) in [5, 5.41) is 0. The largest absolute Gasteiger partial charge is 0.491 e. The van der Waals surface area contributed by atoms with Gasteiger partial charge in [-0.3, -0.25) is 4.79 Å². The minimum atomic E-state index is 0.144. The number of hydrogen-bond donors (Lipinski definition) is 0. The lowest BCUT2D eigenvalue weighted by molar-refractivity contribution is -0.122. The predicted octanol–water partition coefficient (Wildman–Crippen LogP) is 2.89. The summed E-state index contributed by atoms with van der Waals surface area (Å²) in [6.07, 6.45) is 0.856. The van der Waals surface area contributed by atoms with Crippen LogP contribution in [-0.2, 0) is 4.79 Å². The van der Waals surface area contributed by atoms with E-state index in [-0.39, 0.29) is 12.0 Å². The van der Waals surface area contributed by atoms with Gasteiger partial charge in [-0.2, -0.15) is 0 Å². The molecule has 0 bridgehead atoms. The van der Waals surface area contributed by atoms with E-state index in [1.165, 1.54) is 5.69 Å². The van der Waals surface area contributed by atoms with Crippen molar-refractivity contribution >= 4 is 11.5 Å². The average Bonchev–Trinajstić information content (AvgIpc) is 2.33. The van der Waals surface area contributed by atoms with E-state index < -0.39 is 0 Å². The van der Waals surface area contributed by atoms with Crippen molar-refractivity contribution in [2.45, 2.75) is 33.3 Å². The van der Waals surface area contributed by atoms with Crippen LogP contribution in [0.1, 0.15) is 27.2 Å². The molecule has 1 heterocycles. The topological polar surface area (TPSA) is 29.5 Å². The van der Waals surface area contributed by atoms with Crippen molar-refractivity contribution in [1.82, 2.24) is 0 Å². The summed E-state index contributed by atoms with van der Waals surface area (Å²) in [7, 11) is 0. The first-order valence-electron chi connectivity index (χ1n) is 6.60. The van der Waals surface area contributed by atoms with Gasteiger partial charge in [-0.1, -0.05) is 6.92 Å². The van der Waals surface area contributed by atoms with E-state index in [2.05, 4.69) is 17.0 Å². The third kappa shape index (κ3) is 3.03. The molecule has 0 amide bonds. The first kappa shape index (κ1) is 12.9. The van der Waals surface area contributed by atoms with Crippen LogP contribution in [0.5, 0.6) is 5.75 Å². The molecule has 0 radical (unpaired) electrons. The molecular formula is C15H21NO2. The maximum Gasteiger partial charge on any atom is 0.139 e. The number of ketones is 1. The standard InChI is InChI=1S/C15H21NO2/c1-11(2)18-14-6-4-13(5-7-14)16-9-8-15(17)12(3)10-16/h4-7,11-12H,8-10H2,1-3H3. The lowest BCUT2D eigenvalue weighted by Crippen LogP contribution is -2.39. The highest BCUT2D eigenvalue weighted by Gasteiger charge is 2.23. The van der Waals surface area contributed by atoms with Gasteiger partial charge in [0.05, 0.1) is 6.10 Å². The summed E-state index contributed by atoms with van der Waals surface area (Å²) in [6, 6.07) is 8.13. The summed E-state index contributed by atoms with van der Waals surface area (Å²) in [5.74, 6) is 1.42. The van der Waals surface area contributed by atoms with Crippen molar-refractivity contribution in [2.24, 2.45) is 5.92 Å². The minimum absolute atomic E-state index is 0.144. The van der Waals surface area contributed by atoms with Crippen LogP contribution in [0, 0.1) is 5.92 Å². The Bertz CT molecular complexity index is 411. The number of hydrogen-bond acceptors (Lipinski definition) is 3. The molecule has 1 fully saturated rings. The second-order valence-corrected chi connectivity index (χ2v) is 5.22. The van der Waals surface area contributed by atoms with Gasteiger partial charge in [0, 0.05) is 31.1 Å². The van der Waals surface area contributed by atoms with Crippen LogP contribution >= 0.6 is 0 Å². The van der Waals surface area contributed by atoms with Crippen LogP contribution < -0.4 is 9.64 Å². The molecular weight excluding hydrogens is 226 g/mol. The quantitative estimate of drug-likeness (QED) is 0.822. The van der Waals surface area contributed by atoms with Gasteiger partial charge in [0.1, 0.15) is 11.5 Å². The molecule has 2 rings (SSSR count). The fraction of sp³-hybridized carbons (Fsp3) is 0.533. The second-order valence-electron chi connectivity index (χ2n) is 5.22. The maximum atomic E-state index is 11.5. The van der Waals surface area contributed by atoms with Crippen LogP contribution in [-0.4, -0.2) is 25.0 Å². The zero-order valence-electron chi connectivity index (χ0n) is 11.3. The fourth-order valence-corrected chi connectivity index (χ4v) is 2.26. The molecule has 1 aromatic rings. The number of nitrogens with zero attached hydrogens (tertiary/aromatic N) is 1. The molecule has 0 aliphatic carbocycles. The molecule has 1 aliphatic heterocycles. The van der Waals surface area contributed by atoms with Gasteiger partial charge >= 0.3 is 0 Å². The van der Waals surface area contributed by atoms with Gasteiger partial charge in [0.15, 0.2) is 0 Å². The smallest absolute Gasteiger partial charge is 0.139 e. The molecule has 1 atom stereocenters. The highest BCUT2D eigenvalue weighted by molar-refractivity contribution is 5.83. The van der Waals surface area contributed by atoms with Crippen molar-refractivity contribution in [1.29, 1.82) is 0 Å². The van der Waals surface area contributed by atoms with E-state index in [0.29, 0.717) is 12.2 Å². The SMILES string of the molecule is CC(C)Oc1ccc(N2CCC(=O)C(C)C2)cc1. The fourth-order valence-electron chi connectivity index (χ4n) is 2.26. The maximum absolute atomic E-state index is 11.5. The highest BCUT2D eigenvalue weighted by Crippen LogP contribution is 2.24. The third-order valence-corrected chi connectivity index (χ3v) is 3.25. The summed E-state index contributed by atoms with van der Waals surface area (Å²) < 4.78 is 5.62. The zero-order valence-corrected chi connectivity index (χ0v) is 11.3. The van der Waals surface area contributed by atoms with Gasteiger partial charge in [0.25, 0.3) is 0 Å². The van der Waals surface area contributed by atoms with Crippen molar-refractivity contribution in [3.8, 4) is 5.75 Å². The van der Waals surface area contributed by atoms with Crippen molar-refractivity contribution < 1.29 is 9.53 Å². The molecule has 1 saturated heterocycles. The molecule has 0 aromatic heterocycles. The molecule has 1 unspecified atom stereocenters. The Hall–Kier alpha value is -1.51. The number of ether oxygens (including phenoxy) is 1. The Labute approximate surface area is 109 Å². The number of Topliss-reactive ketones (excluding diaryl/α,β-unsaturated/α-hetero) is 1. The first-order valence-corrected chi connectivity index (χ1v) is 6.60. The van der Waals surface area contributed by atoms with Crippen molar-refractivity contribution in [3.63, 3.8) is 0 Å². The van der Waals surface area contributed by atoms with Crippen LogP contribution in [0.25, 0.3) is 0 Å². The summed E-state index contributed by atoms with van der Waals surface area (Å²) in [6.45, 7) is 7.69. The monoisotopic (exact) mass is 247 g/mol. The van der Waals surface area contributed by atoms with E-state index in [9.17, 15) is 4.79 Å². The lowest BCUT2D eigenvalue weighted by Gasteiger charge is -2.32. The van der Waals surface area contributed by atoms with E-state index in [1.807, 2.05) is 32.9 Å². The molecule has 1 aromatic carbocycles. The number of carbonyl (C=O) groups is 1. The van der Waals surface area contributed by atoms with Crippen molar-refractivity contribution in [3.05, 3.63) is 24.3 Å². The van der Waals surface area contributed by atoms with Crippen molar-refractivity contribution in [2.75, 3.05) is 18.0 Å². The van der Waals surface area contributed by atoms with E-state index >= 15 is 0 Å². The minimum Gasteiger partial charge on any atom is -0.491 e. The number of anilines is 1. The predicted molar refractivity (Wildman–Crippen MR) is 73.2 cm³/mol. The highest BCUT2D eigenvalue weighted by atomic mass is 16.5. The van der Waals surface area contributed by atoms with Crippen LogP contribution in [0.4, 0.5) is 5.69 Å². The van der Waals surface area contributed by atoms with Crippen LogP contribution in [0.2, 0.25) is 0 Å². The normalized spacial score (nSPS) is 20.3. The molecule has 1 aliphatic rings. The average molecular weight is 247 g/mol. The Balaban J connectivity index is 2.03. The van der Waals surface area contributed by atoms with Gasteiger partial charge < -0.3 is 9.64 Å². The van der Waals surface area contributed by atoms with Gasteiger partial charge in [-0.25, -0.2) is 0 Å². The van der Waals surface area contributed by atoms with Gasteiger partial charge in [0.2, 0.25) is 0 Å². The summed E-state index contributed by atoms with van der Waals surface area (Å²) in [4.78, 5) is 13.8. The van der Waals surface area contributed by atoms with Gasteiger partial charge in [-0.15, -0.1) is 0 Å². The summed E-state index contributed by atoms with van der Waals surface area (Å²) in [5.41, 5.74) is 1.17. The van der Waals surface area contributed by atoms with Crippen LogP contribution in [0.15, 0.2) is 24.3 Å². The number of rotatable bonds is 3. The zero-order chi connectivity index (χ0) is 13.1. The Kier molecular flexibility index (Phi) is 3.90. The van der Waals surface area contributed by atoms with E-state index in [4.69, 9.17) is 4.74 Å². The van der Waals surface area contributed by atoms with Gasteiger partial charge in [-0.05, 0) is 38.1 Å². The second kappa shape index (κ2) is 5.42. The van der Waals surface area contributed by atoms with E-state index in [1.54, 1.807) is 0 Å². The molecule has 0 N–H and O–H groups in total. The number of carbonyl (C=O) groups excluding carboxylic acids is 1. The lowest BCUT2D eigenvalue weighted by atomic mass is 9.98. The molecule has 98 valence electrons. The molecule has 18 heavy (non-hydrogen) atoms. The number of piperidine rings is 1. The summed E-state index contributed by atoms with van der Waals surface area (Å²) >= 11 is 0. The Morgan fingerprint density at radius 2 is 1.94 bits per heavy atom. The Morgan fingerprint density at radius 3 is 2.50 bits per heavy atom. The molecule has 0 spiro atoms. The Morgan fingerprint density at radius 1 is 1.28 bits per heavy atom. The van der Waals surface area contributed by atoms with Crippen LogP contribution in [0.3, 0.4) is 0 Å².